The van der Waals surface area contributed by atoms with Gasteiger partial charge >= 0.3 is 0 Å². The number of allylic oxidation sites excluding steroid dienone is 3. The van der Waals surface area contributed by atoms with Crippen LogP contribution in [0.1, 0.15) is 101 Å². The summed E-state index contributed by atoms with van der Waals surface area (Å²) in [5, 5.41) is 10.8. The van der Waals surface area contributed by atoms with Crippen molar-refractivity contribution in [2.45, 2.75) is 98.3 Å². The molecule has 2 aliphatic carbocycles. The maximum Gasteiger partial charge on any atom is -0.00261 e. The van der Waals surface area contributed by atoms with Gasteiger partial charge in [-0.1, -0.05) is 198 Å². The van der Waals surface area contributed by atoms with E-state index in [1.54, 1.807) is 0 Å². The first-order valence-corrected chi connectivity index (χ1v) is 23.6. The van der Waals surface area contributed by atoms with Gasteiger partial charge in [-0.25, -0.2) is 0 Å². The molecule has 304 valence electrons. The Kier molecular flexibility index (Phi) is 13.5. The highest BCUT2D eigenvalue weighted by Crippen LogP contribution is 2.41. The zero-order valence-electron chi connectivity index (χ0n) is 36.4. The van der Waals surface area contributed by atoms with Crippen LogP contribution in [0, 0.1) is 12.8 Å². The third-order valence-electron chi connectivity index (χ3n) is 12.7. The molecular formula is C59H62S. The van der Waals surface area contributed by atoms with E-state index in [0.717, 1.165) is 25.0 Å². The van der Waals surface area contributed by atoms with Gasteiger partial charge in [0.1, 0.15) is 0 Å². The van der Waals surface area contributed by atoms with Crippen molar-refractivity contribution < 1.29 is 0 Å². The van der Waals surface area contributed by atoms with Gasteiger partial charge in [-0.05, 0) is 156 Å². The molecule has 0 bridgehead atoms. The van der Waals surface area contributed by atoms with E-state index >= 15 is 0 Å². The molecule has 0 saturated carbocycles. The first kappa shape index (κ1) is 41.6. The van der Waals surface area contributed by atoms with Gasteiger partial charge in [0.2, 0.25) is 0 Å². The molecule has 0 heterocycles. The fourth-order valence-corrected chi connectivity index (χ4v) is 10.1. The fourth-order valence-electron chi connectivity index (χ4n) is 9.86. The minimum atomic E-state index is 0.517. The molecule has 0 radical (unpaired) electrons. The van der Waals surface area contributed by atoms with Gasteiger partial charge in [0.25, 0.3) is 0 Å². The van der Waals surface area contributed by atoms with Crippen LogP contribution in [0.3, 0.4) is 0 Å². The standard InChI is InChI=1S/C57H56S.C2H6/c1-39-26-29-48-46-22-16-17-23-47(46)49-31-28-43(38-54(49)53(48)33-39)56-50-24-14-10-15-25-51(50)57(55-34-40(2)27-30-52(55)56)45-36-41(19-11-7-5-3-4-6-8-18-32-58)35-44(37-45)42-20-12-9-13-21-42;1-2/h9-10,12-13,15-17,20-31,34-39,58H,3-8,11,14,18-19,32-33H2,1-2H3;1-2H3. The molecule has 0 N–H and O–H groups in total. The lowest BCUT2D eigenvalue weighted by Gasteiger charge is -2.22. The number of unbranched alkanes of at least 4 members (excludes halogenated alkanes) is 7. The van der Waals surface area contributed by atoms with Gasteiger partial charge in [-0.3, -0.25) is 0 Å². The van der Waals surface area contributed by atoms with Crippen molar-refractivity contribution in [2.24, 2.45) is 5.92 Å². The quantitative estimate of drug-likeness (QED) is 0.0670. The van der Waals surface area contributed by atoms with Crippen LogP contribution in [-0.2, 0) is 12.8 Å². The highest BCUT2D eigenvalue weighted by atomic mass is 32.1. The van der Waals surface area contributed by atoms with Crippen molar-refractivity contribution in [3.8, 4) is 33.4 Å². The summed E-state index contributed by atoms with van der Waals surface area (Å²) in [5.74, 6) is 1.53. The van der Waals surface area contributed by atoms with E-state index in [1.165, 1.54) is 150 Å². The number of fused-ring (bicyclic) bond motifs is 8. The van der Waals surface area contributed by atoms with Crippen LogP contribution in [0.15, 0.2) is 127 Å². The van der Waals surface area contributed by atoms with Crippen molar-refractivity contribution in [1.29, 1.82) is 0 Å². The molecule has 60 heavy (non-hydrogen) atoms. The molecule has 1 unspecified atom stereocenters. The third kappa shape index (κ3) is 8.71. The molecule has 0 spiro atoms. The molecule has 1 heteroatoms. The maximum absolute atomic E-state index is 4.38. The van der Waals surface area contributed by atoms with Crippen molar-refractivity contribution in [3.05, 3.63) is 160 Å². The summed E-state index contributed by atoms with van der Waals surface area (Å²) < 4.78 is 0. The molecule has 7 aromatic rings. The Balaban J connectivity index is 0.00000246. The lowest BCUT2D eigenvalue weighted by molar-refractivity contribution is 0.577. The summed E-state index contributed by atoms with van der Waals surface area (Å²) >= 11 is 4.38. The molecular weight excluding hydrogens is 741 g/mol. The first-order chi connectivity index (χ1) is 29.6. The zero-order valence-corrected chi connectivity index (χ0v) is 37.3. The van der Waals surface area contributed by atoms with Gasteiger partial charge in [-0.15, -0.1) is 0 Å². The monoisotopic (exact) mass is 802 g/mol. The fraction of sp³-hybridized carbons (Fsp3) is 0.288. The van der Waals surface area contributed by atoms with Crippen molar-refractivity contribution >= 4 is 63.2 Å². The van der Waals surface area contributed by atoms with Crippen molar-refractivity contribution in [1.82, 2.24) is 0 Å². The SMILES string of the molecule is CC.Cc1ccc2c(-c3ccc4c(c3)c3c(c5ccccc54)C=CC(C)C3)c3c(c(-c4cc(CCCCCCCCCCS)cc(-c5ccccc5)c4)c2c1)=CC=CCC=3. The largest absolute Gasteiger partial charge is 0.179 e. The van der Waals surface area contributed by atoms with Crippen LogP contribution in [-0.4, -0.2) is 5.75 Å². The van der Waals surface area contributed by atoms with Gasteiger partial charge in [-0.2, -0.15) is 12.6 Å². The van der Waals surface area contributed by atoms with E-state index in [1.807, 2.05) is 13.8 Å². The summed E-state index contributed by atoms with van der Waals surface area (Å²) in [5.41, 5.74) is 13.5. The van der Waals surface area contributed by atoms with Crippen molar-refractivity contribution in [3.63, 3.8) is 0 Å². The normalized spacial score (nSPS) is 14.2. The van der Waals surface area contributed by atoms with Gasteiger partial charge < -0.3 is 0 Å². The average molecular weight is 803 g/mol. The van der Waals surface area contributed by atoms with Crippen LogP contribution < -0.4 is 10.4 Å². The number of rotatable bonds is 13. The van der Waals surface area contributed by atoms with E-state index in [4.69, 9.17) is 0 Å². The zero-order chi connectivity index (χ0) is 41.4. The second kappa shape index (κ2) is 19.5. The summed E-state index contributed by atoms with van der Waals surface area (Å²) in [6.07, 6.45) is 27.8. The summed E-state index contributed by atoms with van der Waals surface area (Å²) in [7, 11) is 0. The molecule has 0 saturated heterocycles. The summed E-state index contributed by atoms with van der Waals surface area (Å²) in [6.45, 7) is 8.60. The van der Waals surface area contributed by atoms with Crippen LogP contribution in [0.4, 0.5) is 0 Å². The Morgan fingerprint density at radius 3 is 2.05 bits per heavy atom. The minimum Gasteiger partial charge on any atom is -0.179 e. The van der Waals surface area contributed by atoms with Crippen LogP contribution in [0.2, 0.25) is 0 Å². The van der Waals surface area contributed by atoms with Gasteiger partial charge in [0.05, 0.1) is 0 Å². The molecule has 0 fully saturated rings. The third-order valence-corrected chi connectivity index (χ3v) is 13.1. The van der Waals surface area contributed by atoms with Crippen LogP contribution in [0.25, 0.3) is 83.9 Å². The topological polar surface area (TPSA) is 0 Å². The van der Waals surface area contributed by atoms with E-state index in [9.17, 15) is 0 Å². The maximum atomic E-state index is 4.38. The molecule has 0 nitrogen and oxygen atoms in total. The number of thiol groups is 1. The number of hydrogen-bond acceptors (Lipinski definition) is 1. The van der Waals surface area contributed by atoms with Crippen LogP contribution in [0.5, 0.6) is 0 Å². The minimum absolute atomic E-state index is 0.517. The number of hydrogen-bond donors (Lipinski definition) is 1. The Bertz CT molecular complexity index is 2820. The van der Waals surface area contributed by atoms with E-state index in [0.29, 0.717) is 5.92 Å². The second-order valence-electron chi connectivity index (χ2n) is 17.0. The molecule has 2 aliphatic rings. The van der Waals surface area contributed by atoms with Gasteiger partial charge in [0.15, 0.2) is 0 Å². The van der Waals surface area contributed by atoms with E-state index in [-0.39, 0.29) is 0 Å². The highest BCUT2D eigenvalue weighted by molar-refractivity contribution is 7.80. The lowest BCUT2D eigenvalue weighted by Crippen LogP contribution is -2.29. The lowest BCUT2D eigenvalue weighted by atomic mass is 9.81. The van der Waals surface area contributed by atoms with Crippen LogP contribution >= 0.6 is 12.6 Å². The van der Waals surface area contributed by atoms with E-state index in [2.05, 4.69) is 172 Å². The highest BCUT2D eigenvalue weighted by Gasteiger charge is 2.21. The summed E-state index contributed by atoms with van der Waals surface area (Å²) in [6, 6.07) is 42.0. The molecule has 0 amide bonds. The van der Waals surface area contributed by atoms with Crippen molar-refractivity contribution in [2.75, 3.05) is 5.75 Å². The summed E-state index contributed by atoms with van der Waals surface area (Å²) in [4.78, 5) is 0. The number of benzene rings is 7. The first-order valence-electron chi connectivity index (χ1n) is 23.0. The second-order valence-corrected chi connectivity index (χ2v) is 17.4. The smallest absolute Gasteiger partial charge is 0.00261 e. The Hall–Kier alpha value is -5.11. The Morgan fingerprint density at radius 2 is 1.25 bits per heavy atom. The molecule has 9 rings (SSSR count). The number of aryl methyl sites for hydroxylation is 2. The Labute approximate surface area is 364 Å². The predicted molar refractivity (Wildman–Crippen MR) is 270 cm³/mol. The van der Waals surface area contributed by atoms with E-state index < -0.39 is 0 Å². The average Bonchev–Trinajstić information content (AvgIpc) is 3.54. The Morgan fingerprint density at radius 1 is 0.567 bits per heavy atom. The molecule has 0 aromatic heterocycles. The molecule has 0 aliphatic heterocycles. The predicted octanol–water partition coefficient (Wildman–Crippen LogP) is 15.8. The molecule has 1 atom stereocenters. The molecule has 7 aromatic carbocycles. The van der Waals surface area contributed by atoms with Gasteiger partial charge in [0, 0.05) is 0 Å².